The zero-order valence-corrected chi connectivity index (χ0v) is 7.12. The summed E-state index contributed by atoms with van der Waals surface area (Å²) in [6.07, 6.45) is 0. The zero-order chi connectivity index (χ0) is 5.11. The summed E-state index contributed by atoms with van der Waals surface area (Å²) in [5, 5.41) is 0. The van der Waals surface area contributed by atoms with Gasteiger partial charge in [0.1, 0.15) is 0 Å². The Morgan fingerprint density at radius 1 is 1.11 bits per heavy atom. The maximum absolute atomic E-state index is 2.08. The van der Waals surface area contributed by atoms with Crippen LogP contribution in [0.2, 0.25) is 0 Å². The summed E-state index contributed by atoms with van der Waals surface area (Å²) in [6, 6.07) is 10.3. The summed E-state index contributed by atoms with van der Waals surface area (Å²) in [4.78, 5) is 0. The molecule has 0 amide bonds. The van der Waals surface area contributed by atoms with Crippen LogP contribution in [0.1, 0.15) is 11.3 Å². The SMILES string of the molecule is Cc1ccccc1.[Al+3].[H-].[H-].[H-].[H-].[Li+]. The average Bonchev–Trinajstić information content (AvgIpc) is 1.69. The summed E-state index contributed by atoms with van der Waals surface area (Å²) in [7, 11) is 0. The van der Waals surface area contributed by atoms with Gasteiger partial charge in [-0.2, -0.15) is 0 Å². The Balaban J connectivity index is -0.0000000204. The van der Waals surface area contributed by atoms with E-state index in [1.807, 2.05) is 18.2 Å². The minimum Gasteiger partial charge on any atom is -1.00 e. The van der Waals surface area contributed by atoms with Crippen molar-refractivity contribution in [2.24, 2.45) is 0 Å². The molecule has 1 aromatic rings. The van der Waals surface area contributed by atoms with Gasteiger partial charge in [0.05, 0.1) is 0 Å². The van der Waals surface area contributed by atoms with E-state index in [1.54, 1.807) is 0 Å². The topological polar surface area (TPSA) is 0 Å². The molecule has 1 aromatic carbocycles. The van der Waals surface area contributed by atoms with Crippen LogP contribution in [-0.4, -0.2) is 17.4 Å². The van der Waals surface area contributed by atoms with E-state index in [4.69, 9.17) is 0 Å². The van der Waals surface area contributed by atoms with Crippen LogP contribution < -0.4 is 18.9 Å². The molecule has 0 unspecified atom stereocenters. The number of benzene rings is 1. The third-order valence-electron chi connectivity index (χ3n) is 0.940. The Hall–Kier alpha value is 0.350. The fourth-order valence-corrected chi connectivity index (χ4v) is 0.534. The molecule has 0 atom stereocenters. The number of rotatable bonds is 0. The molecule has 2 heteroatoms. The molecular formula is C7H12AlLi. The van der Waals surface area contributed by atoms with Gasteiger partial charge in [0.2, 0.25) is 0 Å². The number of hydrogen-bond donors (Lipinski definition) is 0. The fraction of sp³-hybridized carbons (Fsp3) is 0.143. The van der Waals surface area contributed by atoms with Gasteiger partial charge in [-0.05, 0) is 6.92 Å². The molecule has 0 bridgehead atoms. The second-order valence-corrected chi connectivity index (χ2v) is 1.65. The first-order chi connectivity index (χ1) is 3.39. The van der Waals surface area contributed by atoms with Crippen molar-refractivity contribution < 1.29 is 24.6 Å². The molecule has 0 saturated carbocycles. The molecule has 0 radical (unpaired) electrons. The van der Waals surface area contributed by atoms with Gasteiger partial charge in [-0.1, -0.05) is 35.9 Å². The van der Waals surface area contributed by atoms with Crippen LogP contribution in [0, 0.1) is 6.92 Å². The van der Waals surface area contributed by atoms with E-state index in [0.29, 0.717) is 0 Å². The van der Waals surface area contributed by atoms with Crippen molar-refractivity contribution in [1.82, 2.24) is 0 Å². The monoisotopic (exact) mass is 130 g/mol. The van der Waals surface area contributed by atoms with Crippen LogP contribution in [0.25, 0.3) is 0 Å². The van der Waals surface area contributed by atoms with Gasteiger partial charge in [0, 0.05) is 0 Å². The van der Waals surface area contributed by atoms with Crippen LogP contribution in [0.15, 0.2) is 30.3 Å². The Labute approximate surface area is 84.9 Å². The standard InChI is InChI=1S/C7H8.Al.Li.4H/c1-7-5-3-2-4-6-7;;;;;;/h2-6H,1H3;;;;;;/q;+3;+1;4*-1. The van der Waals surface area contributed by atoms with Crippen molar-refractivity contribution in [2.45, 2.75) is 6.92 Å². The smallest absolute Gasteiger partial charge is 1.00 e. The molecule has 0 spiro atoms. The van der Waals surface area contributed by atoms with Crippen molar-refractivity contribution >= 4 is 17.4 Å². The molecule has 1 rings (SSSR count). The van der Waals surface area contributed by atoms with E-state index < -0.39 is 0 Å². The molecule has 0 aromatic heterocycles. The summed E-state index contributed by atoms with van der Waals surface area (Å²) in [5.74, 6) is 0. The molecule has 0 saturated heterocycles. The minimum absolute atomic E-state index is 0. The van der Waals surface area contributed by atoms with Gasteiger partial charge in [-0.15, -0.1) is 0 Å². The molecule has 0 nitrogen and oxygen atoms in total. The van der Waals surface area contributed by atoms with Crippen LogP contribution in [0.4, 0.5) is 0 Å². The quantitative estimate of drug-likeness (QED) is 0.398. The Morgan fingerprint density at radius 2 is 1.56 bits per heavy atom. The van der Waals surface area contributed by atoms with Crippen molar-refractivity contribution in [3.63, 3.8) is 0 Å². The van der Waals surface area contributed by atoms with E-state index in [-0.39, 0.29) is 41.9 Å². The summed E-state index contributed by atoms with van der Waals surface area (Å²) < 4.78 is 0. The normalized spacial score (nSPS) is 6.78. The molecule has 0 aliphatic carbocycles. The summed E-state index contributed by atoms with van der Waals surface area (Å²) >= 11 is 0. The minimum atomic E-state index is 0. The molecular weight excluding hydrogens is 118 g/mol. The Kier molecular flexibility index (Phi) is 8.67. The molecule has 0 heterocycles. The maximum atomic E-state index is 2.08. The van der Waals surface area contributed by atoms with Gasteiger partial charge in [-0.3, -0.25) is 0 Å². The van der Waals surface area contributed by atoms with Gasteiger partial charge in [0.15, 0.2) is 0 Å². The van der Waals surface area contributed by atoms with Crippen LogP contribution in [0.5, 0.6) is 0 Å². The van der Waals surface area contributed by atoms with Crippen molar-refractivity contribution in [1.29, 1.82) is 0 Å². The summed E-state index contributed by atoms with van der Waals surface area (Å²) in [6.45, 7) is 2.08. The second kappa shape index (κ2) is 6.47. The van der Waals surface area contributed by atoms with Gasteiger partial charge >= 0.3 is 36.2 Å². The number of aryl methyl sites for hydroxylation is 1. The van der Waals surface area contributed by atoms with E-state index in [1.165, 1.54) is 5.56 Å². The third kappa shape index (κ3) is 4.83. The first kappa shape index (κ1) is 12.1. The predicted octanol–water partition coefficient (Wildman–Crippen LogP) is -0.932. The largest absolute Gasteiger partial charge is 3.00 e. The molecule has 0 aliphatic heterocycles. The molecule has 0 fully saturated rings. The second-order valence-electron chi connectivity index (χ2n) is 1.65. The van der Waals surface area contributed by atoms with Crippen molar-refractivity contribution in [3.05, 3.63) is 35.9 Å². The van der Waals surface area contributed by atoms with Crippen LogP contribution >= 0.6 is 0 Å². The van der Waals surface area contributed by atoms with E-state index in [0.717, 1.165) is 0 Å². The first-order valence-electron chi connectivity index (χ1n) is 2.41. The van der Waals surface area contributed by atoms with E-state index >= 15 is 0 Å². The van der Waals surface area contributed by atoms with E-state index in [9.17, 15) is 0 Å². The number of hydrogen-bond acceptors (Lipinski definition) is 0. The average molecular weight is 130 g/mol. The zero-order valence-electron chi connectivity index (χ0n) is 9.96. The van der Waals surface area contributed by atoms with E-state index in [2.05, 4.69) is 19.1 Å². The summed E-state index contributed by atoms with van der Waals surface area (Å²) in [5.41, 5.74) is 1.32. The molecule has 0 aliphatic rings. The first-order valence-corrected chi connectivity index (χ1v) is 2.41. The molecule has 9 heavy (non-hydrogen) atoms. The van der Waals surface area contributed by atoms with Crippen LogP contribution in [0.3, 0.4) is 0 Å². The third-order valence-corrected chi connectivity index (χ3v) is 0.940. The maximum Gasteiger partial charge on any atom is 3.00 e. The molecule has 0 N–H and O–H groups in total. The van der Waals surface area contributed by atoms with Gasteiger partial charge in [-0.25, -0.2) is 0 Å². The Bertz CT molecular complexity index is 150. The van der Waals surface area contributed by atoms with Crippen LogP contribution in [-0.2, 0) is 0 Å². The molecule has 44 valence electrons. The predicted molar refractivity (Wildman–Crippen MR) is 41.4 cm³/mol. The van der Waals surface area contributed by atoms with Gasteiger partial charge < -0.3 is 5.71 Å². The Morgan fingerprint density at radius 3 is 1.78 bits per heavy atom. The fourth-order valence-electron chi connectivity index (χ4n) is 0.534. The van der Waals surface area contributed by atoms with Gasteiger partial charge in [0.25, 0.3) is 0 Å². The van der Waals surface area contributed by atoms with Crippen molar-refractivity contribution in [3.8, 4) is 0 Å². The van der Waals surface area contributed by atoms with Crippen molar-refractivity contribution in [2.75, 3.05) is 0 Å².